The molecule has 0 unspecified atom stereocenters. The van der Waals surface area contributed by atoms with Gasteiger partial charge in [-0.2, -0.15) is 5.26 Å². The number of benzene rings is 2. The van der Waals surface area contributed by atoms with E-state index in [1.807, 2.05) is 66.1 Å². The molecule has 2 aromatic carbocycles. The number of rotatable bonds is 8. The van der Waals surface area contributed by atoms with Gasteiger partial charge in [-0.25, -0.2) is 0 Å². The zero-order valence-electron chi connectivity index (χ0n) is 16.3. The van der Waals surface area contributed by atoms with Gasteiger partial charge in [0.1, 0.15) is 12.3 Å². The molecule has 0 radical (unpaired) electrons. The van der Waals surface area contributed by atoms with Crippen LogP contribution in [0.4, 0.5) is 5.69 Å². The molecule has 3 aromatic rings. The molecule has 0 aliphatic rings. The molecule has 3 rings (SSSR count). The van der Waals surface area contributed by atoms with Crippen LogP contribution in [0.3, 0.4) is 0 Å². The SMILES string of the molecule is CCn1c(SCC(=O)N(CC#N)c2ccccc2)nnc1-c1ccc(OC)cc1. The van der Waals surface area contributed by atoms with Crippen LogP contribution in [-0.2, 0) is 11.3 Å². The number of ether oxygens (including phenoxy) is 1. The first-order chi connectivity index (χ1) is 14.2. The highest BCUT2D eigenvalue weighted by Crippen LogP contribution is 2.26. The maximum atomic E-state index is 12.7. The van der Waals surface area contributed by atoms with E-state index in [0.29, 0.717) is 17.4 Å². The van der Waals surface area contributed by atoms with Gasteiger partial charge < -0.3 is 9.30 Å². The van der Waals surface area contributed by atoms with E-state index in [0.717, 1.165) is 17.1 Å². The summed E-state index contributed by atoms with van der Waals surface area (Å²) >= 11 is 1.32. The van der Waals surface area contributed by atoms with E-state index < -0.39 is 0 Å². The molecular formula is C21H21N5O2S. The van der Waals surface area contributed by atoms with Crippen molar-refractivity contribution in [3.8, 4) is 23.2 Å². The summed E-state index contributed by atoms with van der Waals surface area (Å²) in [5, 5.41) is 18.3. The molecule has 0 aliphatic heterocycles. The molecule has 1 aromatic heterocycles. The second-order valence-electron chi connectivity index (χ2n) is 6.04. The van der Waals surface area contributed by atoms with Crippen molar-refractivity contribution >= 4 is 23.4 Å². The molecule has 1 amide bonds. The Morgan fingerprint density at radius 2 is 1.90 bits per heavy atom. The number of carbonyl (C=O) groups excluding carboxylic acids is 1. The summed E-state index contributed by atoms with van der Waals surface area (Å²) < 4.78 is 7.17. The third kappa shape index (κ3) is 4.76. The monoisotopic (exact) mass is 407 g/mol. The molecular weight excluding hydrogens is 386 g/mol. The van der Waals surface area contributed by atoms with Crippen LogP contribution in [-0.4, -0.2) is 40.1 Å². The van der Waals surface area contributed by atoms with E-state index >= 15 is 0 Å². The molecule has 29 heavy (non-hydrogen) atoms. The van der Waals surface area contributed by atoms with Crippen molar-refractivity contribution in [2.24, 2.45) is 0 Å². The van der Waals surface area contributed by atoms with Gasteiger partial charge in [0.2, 0.25) is 5.91 Å². The Morgan fingerprint density at radius 3 is 2.52 bits per heavy atom. The Balaban J connectivity index is 1.75. The van der Waals surface area contributed by atoms with E-state index in [9.17, 15) is 4.79 Å². The summed E-state index contributed by atoms with van der Waals surface area (Å²) in [6.45, 7) is 2.68. The van der Waals surface area contributed by atoms with Crippen LogP contribution in [0, 0.1) is 11.3 Å². The van der Waals surface area contributed by atoms with Gasteiger partial charge in [-0.3, -0.25) is 9.69 Å². The maximum absolute atomic E-state index is 12.7. The van der Waals surface area contributed by atoms with Crippen molar-refractivity contribution in [1.29, 1.82) is 5.26 Å². The van der Waals surface area contributed by atoms with E-state index in [-0.39, 0.29) is 18.2 Å². The highest BCUT2D eigenvalue weighted by atomic mass is 32.2. The van der Waals surface area contributed by atoms with Crippen molar-refractivity contribution in [2.45, 2.75) is 18.6 Å². The summed E-state index contributed by atoms with van der Waals surface area (Å²) in [6.07, 6.45) is 0. The average Bonchev–Trinajstić information content (AvgIpc) is 3.19. The van der Waals surface area contributed by atoms with Crippen LogP contribution < -0.4 is 9.64 Å². The van der Waals surface area contributed by atoms with E-state index in [1.54, 1.807) is 7.11 Å². The second-order valence-corrected chi connectivity index (χ2v) is 6.98. The van der Waals surface area contributed by atoms with E-state index in [4.69, 9.17) is 10.00 Å². The highest BCUT2D eigenvalue weighted by molar-refractivity contribution is 7.99. The van der Waals surface area contributed by atoms with Crippen LogP contribution in [0.5, 0.6) is 5.75 Å². The Morgan fingerprint density at radius 1 is 1.17 bits per heavy atom. The lowest BCUT2D eigenvalue weighted by atomic mass is 10.2. The van der Waals surface area contributed by atoms with Crippen molar-refractivity contribution in [3.63, 3.8) is 0 Å². The fourth-order valence-corrected chi connectivity index (χ4v) is 3.72. The van der Waals surface area contributed by atoms with E-state index in [2.05, 4.69) is 16.3 Å². The molecule has 8 heteroatoms. The number of thioether (sulfide) groups is 1. The summed E-state index contributed by atoms with van der Waals surface area (Å²) in [5.41, 5.74) is 1.63. The number of carbonyl (C=O) groups is 1. The molecule has 0 aliphatic carbocycles. The first-order valence-electron chi connectivity index (χ1n) is 9.10. The molecule has 0 saturated heterocycles. The molecule has 0 fully saturated rings. The summed E-state index contributed by atoms with van der Waals surface area (Å²) in [4.78, 5) is 14.2. The van der Waals surface area contributed by atoms with Gasteiger partial charge in [-0.05, 0) is 43.3 Å². The zero-order valence-corrected chi connectivity index (χ0v) is 17.1. The highest BCUT2D eigenvalue weighted by Gasteiger charge is 2.19. The van der Waals surface area contributed by atoms with Gasteiger partial charge in [0, 0.05) is 17.8 Å². The van der Waals surface area contributed by atoms with Gasteiger partial charge >= 0.3 is 0 Å². The number of nitrogens with zero attached hydrogens (tertiary/aromatic N) is 5. The lowest BCUT2D eigenvalue weighted by Crippen LogP contribution is -2.32. The predicted octanol–water partition coefficient (Wildman–Crippen LogP) is 3.62. The lowest BCUT2D eigenvalue weighted by Gasteiger charge is -2.19. The smallest absolute Gasteiger partial charge is 0.238 e. The number of para-hydroxylation sites is 1. The average molecular weight is 407 g/mol. The number of anilines is 1. The second kappa shape index (κ2) is 9.75. The van der Waals surface area contributed by atoms with E-state index in [1.165, 1.54) is 16.7 Å². The van der Waals surface area contributed by atoms with Gasteiger partial charge in [-0.1, -0.05) is 30.0 Å². The van der Waals surface area contributed by atoms with Crippen molar-refractivity contribution in [3.05, 3.63) is 54.6 Å². The minimum absolute atomic E-state index is 0.000965. The topological polar surface area (TPSA) is 84.0 Å². The van der Waals surface area contributed by atoms with Gasteiger partial charge in [0.05, 0.1) is 18.9 Å². The third-order valence-electron chi connectivity index (χ3n) is 4.30. The third-order valence-corrected chi connectivity index (χ3v) is 5.26. The number of hydrogen-bond acceptors (Lipinski definition) is 6. The molecule has 0 atom stereocenters. The normalized spacial score (nSPS) is 10.4. The number of nitriles is 1. The van der Waals surface area contributed by atoms with Gasteiger partial charge in [-0.15, -0.1) is 10.2 Å². The summed E-state index contributed by atoms with van der Waals surface area (Å²) in [5.74, 6) is 1.52. The maximum Gasteiger partial charge on any atom is 0.238 e. The Kier molecular flexibility index (Phi) is 6.87. The Bertz CT molecular complexity index is 996. The molecule has 1 heterocycles. The first-order valence-corrected chi connectivity index (χ1v) is 10.1. The van der Waals surface area contributed by atoms with Gasteiger partial charge in [0.25, 0.3) is 0 Å². The van der Waals surface area contributed by atoms with Crippen molar-refractivity contribution in [1.82, 2.24) is 14.8 Å². The minimum Gasteiger partial charge on any atom is -0.497 e. The fourth-order valence-electron chi connectivity index (χ4n) is 2.84. The Labute approximate surface area is 173 Å². The van der Waals surface area contributed by atoms with Crippen molar-refractivity contribution < 1.29 is 9.53 Å². The molecule has 148 valence electrons. The zero-order chi connectivity index (χ0) is 20.6. The molecule has 0 spiro atoms. The fraction of sp³-hybridized carbons (Fsp3) is 0.238. The van der Waals surface area contributed by atoms with Crippen molar-refractivity contribution in [2.75, 3.05) is 24.3 Å². The van der Waals surface area contributed by atoms with Crippen LogP contribution in [0.15, 0.2) is 59.8 Å². The summed E-state index contributed by atoms with van der Waals surface area (Å²) in [6, 6.07) is 18.9. The molecule has 0 saturated carbocycles. The quantitative estimate of drug-likeness (QED) is 0.419. The number of hydrogen-bond donors (Lipinski definition) is 0. The minimum atomic E-state index is -0.153. The van der Waals surface area contributed by atoms with Crippen LogP contribution in [0.25, 0.3) is 11.4 Å². The predicted molar refractivity (Wildman–Crippen MR) is 113 cm³/mol. The van der Waals surface area contributed by atoms with Crippen LogP contribution >= 0.6 is 11.8 Å². The van der Waals surface area contributed by atoms with Crippen LogP contribution in [0.1, 0.15) is 6.92 Å². The lowest BCUT2D eigenvalue weighted by molar-refractivity contribution is -0.116. The van der Waals surface area contributed by atoms with Gasteiger partial charge in [0.15, 0.2) is 11.0 Å². The summed E-state index contributed by atoms with van der Waals surface area (Å²) in [7, 11) is 1.63. The molecule has 7 nitrogen and oxygen atoms in total. The Hall–Kier alpha value is -3.31. The number of amides is 1. The standard InChI is InChI=1S/C21H21N5O2S/c1-3-25-20(16-9-11-18(28-2)12-10-16)23-24-21(25)29-15-19(27)26(14-13-22)17-7-5-4-6-8-17/h4-12H,3,14-15H2,1-2H3. The number of methoxy groups -OCH3 is 1. The molecule has 0 bridgehead atoms. The first kappa shape index (κ1) is 20.4. The molecule has 0 N–H and O–H groups in total. The number of aromatic nitrogens is 3. The largest absolute Gasteiger partial charge is 0.497 e. The van der Waals surface area contributed by atoms with Crippen LogP contribution in [0.2, 0.25) is 0 Å².